The van der Waals surface area contributed by atoms with Gasteiger partial charge in [-0.15, -0.1) is 0 Å². The van der Waals surface area contributed by atoms with Crippen LogP contribution < -0.4 is 5.32 Å². The number of H-pyrrole nitrogens is 1. The van der Waals surface area contributed by atoms with Gasteiger partial charge in [-0.05, 0) is 31.4 Å². The summed E-state index contributed by atoms with van der Waals surface area (Å²) in [6.45, 7) is 3.19. The highest BCUT2D eigenvalue weighted by Gasteiger charge is 2.22. The number of halogens is 1. The summed E-state index contributed by atoms with van der Waals surface area (Å²) in [6.07, 6.45) is 3.71. The van der Waals surface area contributed by atoms with Crippen LogP contribution in [0.4, 0.5) is 4.39 Å². The summed E-state index contributed by atoms with van der Waals surface area (Å²) >= 11 is 0. The van der Waals surface area contributed by atoms with E-state index in [0.29, 0.717) is 11.3 Å². The SMILES string of the molecule is C[C@H]1CC[C@H](c2ccc3[nH]ncc3c2F)NC1. The van der Waals surface area contributed by atoms with Crippen molar-refractivity contribution in [2.45, 2.75) is 25.8 Å². The molecule has 0 spiro atoms. The quantitative estimate of drug-likeness (QED) is 0.795. The third kappa shape index (κ3) is 1.82. The van der Waals surface area contributed by atoms with Crippen LogP contribution in [0.2, 0.25) is 0 Å². The van der Waals surface area contributed by atoms with Crippen LogP contribution in [0.3, 0.4) is 0 Å². The lowest BCUT2D eigenvalue weighted by Crippen LogP contribution is -2.32. The molecule has 90 valence electrons. The van der Waals surface area contributed by atoms with Crippen molar-refractivity contribution in [2.75, 3.05) is 6.54 Å². The number of rotatable bonds is 1. The molecule has 2 aromatic rings. The largest absolute Gasteiger partial charge is 0.310 e. The molecule has 0 radical (unpaired) electrons. The van der Waals surface area contributed by atoms with Gasteiger partial charge in [0.15, 0.2) is 0 Å². The average molecular weight is 233 g/mol. The monoisotopic (exact) mass is 233 g/mol. The second-order valence-electron chi connectivity index (χ2n) is 4.94. The third-order valence-corrected chi connectivity index (χ3v) is 3.62. The van der Waals surface area contributed by atoms with Gasteiger partial charge in [-0.25, -0.2) is 4.39 Å². The molecule has 2 atom stereocenters. The van der Waals surface area contributed by atoms with E-state index < -0.39 is 0 Å². The zero-order chi connectivity index (χ0) is 11.8. The first-order valence-corrected chi connectivity index (χ1v) is 6.10. The van der Waals surface area contributed by atoms with Crippen molar-refractivity contribution in [1.82, 2.24) is 15.5 Å². The maximum atomic E-state index is 14.3. The molecule has 3 nitrogen and oxygen atoms in total. The van der Waals surface area contributed by atoms with Crippen LogP contribution in [0.15, 0.2) is 18.3 Å². The number of aromatic amines is 1. The Hall–Kier alpha value is -1.42. The van der Waals surface area contributed by atoms with E-state index in [9.17, 15) is 4.39 Å². The van der Waals surface area contributed by atoms with Gasteiger partial charge in [0.2, 0.25) is 0 Å². The Morgan fingerprint density at radius 1 is 1.35 bits per heavy atom. The standard InChI is InChI=1S/C13H16FN3/c1-8-2-4-11(15-6-8)9-3-5-12-10(13(9)14)7-16-17-12/h3,5,7-8,11,15H,2,4,6H2,1H3,(H,16,17)/t8-,11+/m0/s1. The fourth-order valence-corrected chi connectivity index (χ4v) is 2.53. The van der Waals surface area contributed by atoms with Crippen LogP contribution in [0.25, 0.3) is 10.9 Å². The zero-order valence-electron chi connectivity index (χ0n) is 9.83. The minimum absolute atomic E-state index is 0.136. The van der Waals surface area contributed by atoms with E-state index in [4.69, 9.17) is 0 Å². The Kier molecular flexibility index (Phi) is 2.59. The van der Waals surface area contributed by atoms with E-state index in [0.717, 1.165) is 30.5 Å². The van der Waals surface area contributed by atoms with Gasteiger partial charge in [-0.3, -0.25) is 5.10 Å². The smallest absolute Gasteiger partial charge is 0.138 e. The summed E-state index contributed by atoms with van der Waals surface area (Å²) in [6, 6.07) is 3.91. The number of benzene rings is 1. The first-order valence-electron chi connectivity index (χ1n) is 6.10. The predicted octanol–water partition coefficient (Wildman–Crippen LogP) is 2.76. The Bertz CT molecular complexity index is 526. The third-order valence-electron chi connectivity index (χ3n) is 3.62. The highest BCUT2D eigenvalue weighted by Crippen LogP contribution is 2.30. The summed E-state index contributed by atoms with van der Waals surface area (Å²) in [5.41, 5.74) is 1.53. The van der Waals surface area contributed by atoms with Crippen LogP contribution in [0, 0.1) is 11.7 Å². The van der Waals surface area contributed by atoms with Gasteiger partial charge >= 0.3 is 0 Å². The summed E-state index contributed by atoms with van der Waals surface area (Å²) in [5, 5.41) is 10.7. The van der Waals surface area contributed by atoms with Crippen LogP contribution in [-0.2, 0) is 0 Å². The molecular formula is C13H16FN3. The van der Waals surface area contributed by atoms with Crippen molar-refractivity contribution >= 4 is 10.9 Å². The van der Waals surface area contributed by atoms with E-state index in [1.165, 1.54) is 0 Å². The van der Waals surface area contributed by atoms with Crippen molar-refractivity contribution in [2.24, 2.45) is 5.92 Å². The van der Waals surface area contributed by atoms with Crippen LogP contribution in [0.5, 0.6) is 0 Å². The Labute approximate surface area is 99.4 Å². The zero-order valence-corrected chi connectivity index (χ0v) is 9.83. The second-order valence-corrected chi connectivity index (χ2v) is 4.94. The van der Waals surface area contributed by atoms with Crippen molar-refractivity contribution in [3.8, 4) is 0 Å². The Balaban J connectivity index is 1.97. The fourth-order valence-electron chi connectivity index (χ4n) is 2.53. The number of aromatic nitrogens is 2. The van der Waals surface area contributed by atoms with E-state index in [1.54, 1.807) is 6.20 Å². The maximum Gasteiger partial charge on any atom is 0.138 e. The number of fused-ring (bicyclic) bond motifs is 1. The molecule has 2 heterocycles. The first kappa shape index (κ1) is 10.7. The number of piperidine rings is 1. The van der Waals surface area contributed by atoms with Gasteiger partial charge in [-0.1, -0.05) is 13.0 Å². The van der Waals surface area contributed by atoms with Crippen LogP contribution >= 0.6 is 0 Å². The van der Waals surface area contributed by atoms with Crippen molar-refractivity contribution in [1.29, 1.82) is 0 Å². The topological polar surface area (TPSA) is 40.7 Å². The molecule has 17 heavy (non-hydrogen) atoms. The number of nitrogens with zero attached hydrogens (tertiary/aromatic N) is 1. The summed E-state index contributed by atoms with van der Waals surface area (Å²) < 4.78 is 14.3. The van der Waals surface area contributed by atoms with Gasteiger partial charge in [0, 0.05) is 11.6 Å². The number of hydrogen-bond acceptors (Lipinski definition) is 2. The van der Waals surface area contributed by atoms with E-state index in [-0.39, 0.29) is 11.9 Å². The second kappa shape index (κ2) is 4.11. The summed E-state index contributed by atoms with van der Waals surface area (Å²) in [5.74, 6) is 0.551. The Morgan fingerprint density at radius 3 is 3.00 bits per heavy atom. The minimum Gasteiger partial charge on any atom is -0.310 e. The summed E-state index contributed by atoms with van der Waals surface area (Å²) in [7, 11) is 0. The molecule has 3 rings (SSSR count). The lowest BCUT2D eigenvalue weighted by atomic mass is 9.91. The normalized spacial score (nSPS) is 25.3. The van der Waals surface area contributed by atoms with Gasteiger partial charge < -0.3 is 5.32 Å². The van der Waals surface area contributed by atoms with Gasteiger partial charge in [0.1, 0.15) is 5.82 Å². The minimum atomic E-state index is -0.136. The fraction of sp³-hybridized carbons (Fsp3) is 0.462. The lowest BCUT2D eigenvalue weighted by Gasteiger charge is -2.28. The maximum absolute atomic E-state index is 14.3. The molecule has 0 amide bonds. The molecule has 1 aliphatic heterocycles. The molecule has 1 aromatic heterocycles. The number of nitrogens with one attached hydrogen (secondary N) is 2. The highest BCUT2D eigenvalue weighted by atomic mass is 19.1. The van der Waals surface area contributed by atoms with E-state index >= 15 is 0 Å². The van der Waals surface area contributed by atoms with E-state index in [1.807, 2.05) is 12.1 Å². The molecule has 4 heteroatoms. The first-order chi connectivity index (χ1) is 8.25. The van der Waals surface area contributed by atoms with Crippen molar-refractivity contribution < 1.29 is 4.39 Å². The number of hydrogen-bond donors (Lipinski definition) is 2. The Morgan fingerprint density at radius 2 is 2.24 bits per heavy atom. The molecule has 0 bridgehead atoms. The predicted molar refractivity (Wildman–Crippen MR) is 65.2 cm³/mol. The molecule has 0 unspecified atom stereocenters. The van der Waals surface area contributed by atoms with E-state index in [2.05, 4.69) is 22.4 Å². The molecule has 1 fully saturated rings. The molecule has 2 N–H and O–H groups in total. The molecule has 0 aliphatic carbocycles. The van der Waals surface area contributed by atoms with Gasteiger partial charge in [0.05, 0.1) is 17.1 Å². The molecule has 1 saturated heterocycles. The van der Waals surface area contributed by atoms with Crippen molar-refractivity contribution in [3.63, 3.8) is 0 Å². The molecule has 1 aromatic carbocycles. The lowest BCUT2D eigenvalue weighted by molar-refractivity contribution is 0.327. The van der Waals surface area contributed by atoms with Crippen LogP contribution in [-0.4, -0.2) is 16.7 Å². The highest BCUT2D eigenvalue weighted by molar-refractivity contribution is 5.79. The van der Waals surface area contributed by atoms with Gasteiger partial charge in [-0.2, -0.15) is 5.10 Å². The molecule has 1 aliphatic rings. The van der Waals surface area contributed by atoms with Crippen molar-refractivity contribution in [3.05, 3.63) is 29.7 Å². The molecular weight excluding hydrogens is 217 g/mol. The summed E-state index contributed by atoms with van der Waals surface area (Å²) in [4.78, 5) is 0. The van der Waals surface area contributed by atoms with Crippen LogP contribution in [0.1, 0.15) is 31.4 Å². The van der Waals surface area contributed by atoms with Gasteiger partial charge in [0.25, 0.3) is 0 Å². The average Bonchev–Trinajstić information content (AvgIpc) is 2.80. The molecule has 0 saturated carbocycles.